The summed E-state index contributed by atoms with van der Waals surface area (Å²) in [6, 6.07) is 14.8. The first-order valence-corrected chi connectivity index (χ1v) is 10.7. The van der Waals surface area contributed by atoms with Gasteiger partial charge in [0, 0.05) is 23.0 Å². The molecule has 2 heterocycles. The van der Waals surface area contributed by atoms with Crippen molar-refractivity contribution in [1.82, 2.24) is 9.55 Å². The molecule has 0 aliphatic heterocycles. The standard InChI is InChI=1S/C26H26N2O6/c1-26(2,3)34-25(30)28-20-12-19(24(29)32-5)27-14-18(20)17-11-22(31-4)23(13-21(17)28)33-15-16-9-7-6-8-10-16/h6-14H,15H2,1-5H3. The fraction of sp³-hybridized carbons (Fsp3) is 0.269. The number of hydrogen-bond acceptors (Lipinski definition) is 7. The van der Waals surface area contributed by atoms with Crippen LogP contribution in [-0.2, 0) is 16.1 Å². The van der Waals surface area contributed by atoms with Crippen LogP contribution in [0.25, 0.3) is 21.8 Å². The van der Waals surface area contributed by atoms with Crippen molar-refractivity contribution < 1.29 is 28.5 Å². The molecule has 8 nitrogen and oxygen atoms in total. The van der Waals surface area contributed by atoms with Crippen molar-refractivity contribution in [2.24, 2.45) is 0 Å². The van der Waals surface area contributed by atoms with Crippen LogP contribution in [0.3, 0.4) is 0 Å². The largest absolute Gasteiger partial charge is 0.493 e. The lowest BCUT2D eigenvalue weighted by Crippen LogP contribution is -2.27. The SMILES string of the molecule is COC(=O)c1cc2c(cn1)c1cc(OC)c(OCc3ccccc3)cc1n2C(=O)OC(C)(C)C. The lowest BCUT2D eigenvalue weighted by Gasteiger charge is -2.20. The van der Waals surface area contributed by atoms with E-state index in [1.165, 1.54) is 23.9 Å². The van der Waals surface area contributed by atoms with Crippen LogP contribution in [-0.4, -0.2) is 41.4 Å². The average molecular weight is 463 g/mol. The maximum absolute atomic E-state index is 13.3. The number of pyridine rings is 1. The molecule has 0 N–H and O–H groups in total. The summed E-state index contributed by atoms with van der Waals surface area (Å²) in [7, 11) is 2.83. The van der Waals surface area contributed by atoms with Gasteiger partial charge in [-0.25, -0.2) is 19.1 Å². The topological polar surface area (TPSA) is 88.9 Å². The van der Waals surface area contributed by atoms with Crippen molar-refractivity contribution >= 4 is 33.9 Å². The van der Waals surface area contributed by atoms with Crippen LogP contribution in [0.15, 0.2) is 54.7 Å². The Bertz CT molecular complexity index is 1370. The number of hydrogen-bond donors (Lipinski definition) is 0. The highest BCUT2D eigenvalue weighted by Gasteiger charge is 2.25. The van der Waals surface area contributed by atoms with Gasteiger partial charge >= 0.3 is 12.1 Å². The van der Waals surface area contributed by atoms with Gasteiger partial charge in [-0.15, -0.1) is 0 Å². The number of methoxy groups -OCH3 is 2. The fourth-order valence-electron chi connectivity index (χ4n) is 3.65. The third-order valence-corrected chi connectivity index (χ3v) is 5.14. The highest BCUT2D eigenvalue weighted by atomic mass is 16.6. The fourth-order valence-corrected chi connectivity index (χ4v) is 3.65. The van der Waals surface area contributed by atoms with Crippen LogP contribution in [0.2, 0.25) is 0 Å². The van der Waals surface area contributed by atoms with Crippen LogP contribution in [0.5, 0.6) is 11.5 Å². The molecule has 8 heteroatoms. The molecule has 4 rings (SSSR count). The maximum Gasteiger partial charge on any atom is 0.419 e. The number of carbonyl (C=O) groups excluding carboxylic acids is 2. The average Bonchev–Trinajstić information content (AvgIpc) is 3.13. The van der Waals surface area contributed by atoms with E-state index in [1.54, 1.807) is 40.0 Å². The minimum atomic E-state index is -0.725. The van der Waals surface area contributed by atoms with E-state index >= 15 is 0 Å². The van der Waals surface area contributed by atoms with E-state index in [0.29, 0.717) is 39.9 Å². The second kappa shape index (κ2) is 9.05. The Labute approximate surface area is 197 Å². The van der Waals surface area contributed by atoms with Gasteiger partial charge in [-0.3, -0.25) is 0 Å². The number of carbonyl (C=O) groups is 2. The van der Waals surface area contributed by atoms with Gasteiger partial charge in [0.15, 0.2) is 11.5 Å². The van der Waals surface area contributed by atoms with Crippen molar-refractivity contribution in [2.45, 2.75) is 33.0 Å². The summed E-state index contributed by atoms with van der Waals surface area (Å²) in [4.78, 5) is 29.6. The predicted octanol–water partition coefficient (Wildman–Crippen LogP) is 5.35. The molecule has 0 fully saturated rings. The van der Waals surface area contributed by atoms with Crippen LogP contribution in [0.4, 0.5) is 4.79 Å². The molecule has 0 unspecified atom stereocenters. The summed E-state index contributed by atoms with van der Waals surface area (Å²) >= 11 is 0. The van der Waals surface area contributed by atoms with Crippen molar-refractivity contribution in [3.8, 4) is 11.5 Å². The molecule has 4 aromatic rings. The van der Waals surface area contributed by atoms with Crippen LogP contribution < -0.4 is 9.47 Å². The zero-order chi connectivity index (χ0) is 24.5. The molecule has 0 spiro atoms. The quantitative estimate of drug-likeness (QED) is 0.370. The minimum Gasteiger partial charge on any atom is -0.493 e. The molecule has 2 aromatic heterocycles. The summed E-state index contributed by atoms with van der Waals surface area (Å²) < 4.78 is 23.5. The Morgan fingerprint density at radius 3 is 2.29 bits per heavy atom. The zero-order valence-corrected chi connectivity index (χ0v) is 19.7. The van der Waals surface area contributed by atoms with Crippen LogP contribution in [0, 0.1) is 0 Å². The van der Waals surface area contributed by atoms with E-state index in [9.17, 15) is 9.59 Å². The maximum atomic E-state index is 13.3. The Balaban J connectivity index is 1.91. The molecule has 2 aromatic carbocycles. The molecule has 0 aliphatic carbocycles. The Morgan fingerprint density at radius 2 is 1.65 bits per heavy atom. The number of rotatable bonds is 5. The third-order valence-electron chi connectivity index (χ3n) is 5.14. The van der Waals surface area contributed by atoms with E-state index in [-0.39, 0.29) is 5.69 Å². The van der Waals surface area contributed by atoms with Gasteiger partial charge in [-0.1, -0.05) is 30.3 Å². The van der Waals surface area contributed by atoms with E-state index in [0.717, 1.165) is 5.56 Å². The summed E-state index contributed by atoms with van der Waals surface area (Å²) in [5.41, 5.74) is 1.34. The van der Waals surface area contributed by atoms with E-state index in [4.69, 9.17) is 18.9 Å². The lowest BCUT2D eigenvalue weighted by atomic mass is 10.1. The predicted molar refractivity (Wildman–Crippen MR) is 128 cm³/mol. The number of esters is 1. The Morgan fingerprint density at radius 1 is 0.941 bits per heavy atom. The van der Waals surface area contributed by atoms with Gasteiger partial charge in [0.25, 0.3) is 0 Å². The number of fused-ring (bicyclic) bond motifs is 3. The summed E-state index contributed by atoms with van der Waals surface area (Å²) in [6.07, 6.45) is 0.947. The first kappa shape index (κ1) is 23.1. The van der Waals surface area contributed by atoms with Crippen molar-refractivity contribution in [1.29, 1.82) is 0 Å². The Kier molecular flexibility index (Phi) is 6.15. The highest BCUT2D eigenvalue weighted by Crippen LogP contribution is 2.38. The van der Waals surface area contributed by atoms with E-state index < -0.39 is 17.7 Å². The zero-order valence-electron chi connectivity index (χ0n) is 19.7. The molecule has 0 bridgehead atoms. The molecule has 0 atom stereocenters. The molecule has 176 valence electrons. The molecule has 0 saturated heterocycles. The van der Waals surface area contributed by atoms with Crippen molar-refractivity contribution in [2.75, 3.05) is 14.2 Å². The van der Waals surface area contributed by atoms with E-state index in [1.807, 2.05) is 30.3 Å². The molecule has 34 heavy (non-hydrogen) atoms. The Hall–Kier alpha value is -4.07. The molecule has 0 saturated carbocycles. The third kappa shape index (κ3) is 4.52. The first-order chi connectivity index (χ1) is 16.2. The second-order valence-corrected chi connectivity index (χ2v) is 8.69. The molecular weight excluding hydrogens is 436 g/mol. The van der Waals surface area contributed by atoms with Crippen molar-refractivity contribution in [3.05, 3.63) is 66.0 Å². The van der Waals surface area contributed by atoms with Gasteiger partial charge < -0.3 is 18.9 Å². The molecule has 0 aliphatic rings. The number of benzene rings is 2. The first-order valence-electron chi connectivity index (χ1n) is 10.7. The van der Waals surface area contributed by atoms with Crippen molar-refractivity contribution in [3.63, 3.8) is 0 Å². The molecule has 0 amide bonds. The number of ether oxygens (including phenoxy) is 4. The van der Waals surface area contributed by atoms with Gasteiger partial charge in [-0.2, -0.15) is 0 Å². The molecular formula is C26H26N2O6. The summed E-state index contributed by atoms with van der Waals surface area (Å²) in [5.74, 6) is 0.365. The monoisotopic (exact) mass is 462 g/mol. The van der Waals surface area contributed by atoms with Gasteiger partial charge in [0.1, 0.15) is 17.9 Å². The summed E-state index contributed by atoms with van der Waals surface area (Å²) in [6.45, 7) is 5.69. The highest BCUT2D eigenvalue weighted by molar-refractivity contribution is 6.14. The second-order valence-electron chi connectivity index (χ2n) is 8.69. The smallest absolute Gasteiger partial charge is 0.419 e. The number of nitrogens with zero attached hydrogens (tertiary/aromatic N) is 2. The van der Waals surface area contributed by atoms with Gasteiger partial charge in [0.2, 0.25) is 0 Å². The minimum absolute atomic E-state index is 0.0788. The summed E-state index contributed by atoms with van der Waals surface area (Å²) in [5, 5.41) is 1.36. The lowest BCUT2D eigenvalue weighted by molar-refractivity contribution is 0.0547. The van der Waals surface area contributed by atoms with Crippen LogP contribution >= 0.6 is 0 Å². The molecule has 0 radical (unpaired) electrons. The normalized spacial score (nSPS) is 11.4. The van der Waals surface area contributed by atoms with Gasteiger partial charge in [-0.05, 0) is 38.5 Å². The van der Waals surface area contributed by atoms with Gasteiger partial charge in [0.05, 0.1) is 25.3 Å². The van der Waals surface area contributed by atoms with E-state index in [2.05, 4.69) is 4.98 Å². The number of aromatic nitrogens is 2. The van der Waals surface area contributed by atoms with Crippen LogP contribution in [0.1, 0.15) is 36.8 Å².